The van der Waals surface area contributed by atoms with E-state index in [1.807, 2.05) is 0 Å². The van der Waals surface area contributed by atoms with Gasteiger partial charge in [-0.05, 0) is 13.0 Å². The Labute approximate surface area is 80.5 Å². The average molecular weight is 199 g/mol. The predicted octanol–water partition coefficient (Wildman–Crippen LogP) is 0.896. The van der Waals surface area contributed by atoms with Gasteiger partial charge in [-0.3, -0.25) is 4.90 Å². The zero-order chi connectivity index (χ0) is 6.27. The molecule has 0 saturated carbocycles. The first kappa shape index (κ1) is 11.5. The molecule has 2 rings (SSSR count). The van der Waals surface area contributed by atoms with Crippen LogP contribution in [0.5, 0.6) is 0 Å². The van der Waals surface area contributed by atoms with Crippen LogP contribution in [0.4, 0.5) is 0 Å². The lowest BCUT2D eigenvalue weighted by atomic mass is 10.2. The maximum Gasteiger partial charge on any atom is 0.0236 e. The van der Waals surface area contributed by atoms with Gasteiger partial charge in [-0.15, -0.1) is 24.8 Å². The van der Waals surface area contributed by atoms with Gasteiger partial charge >= 0.3 is 0 Å². The SMILES string of the molecule is CCN1CC2CC1CN2.Cl.Cl. The van der Waals surface area contributed by atoms with Crippen LogP contribution in [0.3, 0.4) is 0 Å². The minimum absolute atomic E-state index is 0. The lowest BCUT2D eigenvalue weighted by Gasteiger charge is -2.25. The highest BCUT2D eigenvalue weighted by Gasteiger charge is 2.35. The summed E-state index contributed by atoms with van der Waals surface area (Å²) in [4.78, 5) is 2.57. The first-order valence-electron chi connectivity index (χ1n) is 3.87. The van der Waals surface area contributed by atoms with Crippen LogP contribution >= 0.6 is 24.8 Å². The van der Waals surface area contributed by atoms with E-state index in [0.29, 0.717) is 0 Å². The summed E-state index contributed by atoms with van der Waals surface area (Å²) in [5, 5.41) is 3.48. The molecular weight excluding hydrogens is 183 g/mol. The molecule has 2 fully saturated rings. The second-order valence-electron chi connectivity index (χ2n) is 3.08. The fourth-order valence-electron chi connectivity index (χ4n) is 2.03. The van der Waals surface area contributed by atoms with Crippen LogP contribution < -0.4 is 5.32 Å². The summed E-state index contributed by atoms with van der Waals surface area (Å²) < 4.78 is 0. The lowest BCUT2D eigenvalue weighted by molar-refractivity contribution is 0.238. The molecule has 2 aliphatic heterocycles. The fourth-order valence-corrected chi connectivity index (χ4v) is 2.03. The summed E-state index contributed by atoms with van der Waals surface area (Å²) in [6.07, 6.45) is 1.40. The Bertz CT molecular complexity index is 121. The average Bonchev–Trinajstić information content (AvgIpc) is 2.45. The molecule has 0 amide bonds. The first-order chi connectivity index (χ1) is 4.40. The molecule has 2 nitrogen and oxygen atoms in total. The molecule has 2 saturated heterocycles. The van der Waals surface area contributed by atoms with Crippen LogP contribution in [0.15, 0.2) is 0 Å². The quantitative estimate of drug-likeness (QED) is 0.674. The van der Waals surface area contributed by atoms with Gasteiger partial charge in [0.05, 0.1) is 0 Å². The molecule has 68 valence electrons. The van der Waals surface area contributed by atoms with Crippen molar-refractivity contribution in [3.8, 4) is 0 Å². The lowest BCUT2D eigenvalue weighted by Crippen LogP contribution is -2.43. The minimum Gasteiger partial charge on any atom is -0.311 e. The predicted molar refractivity (Wildman–Crippen MR) is 51.9 cm³/mol. The molecular formula is C7H16Cl2N2. The summed E-state index contributed by atoms with van der Waals surface area (Å²) in [6, 6.07) is 1.70. The van der Waals surface area contributed by atoms with Crippen molar-refractivity contribution < 1.29 is 0 Å². The molecule has 1 N–H and O–H groups in total. The van der Waals surface area contributed by atoms with Crippen LogP contribution in [0, 0.1) is 0 Å². The minimum atomic E-state index is 0. The zero-order valence-electron chi connectivity index (χ0n) is 6.75. The van der Waals surface area contributed by atoms with Gasteiger partial charge in [0, 0.05) is 25.2 Å². The summed E-state index contributed by atoms with van der Waals surface area (Å²) in [5.41, 5.74) is 0. The number of likely N-dealkylation sites (tertiary alicyclic amines) is 1. The van der Waals surface area contributed by atoms with Crippen molar-refractivity contribution in [2.75, 3.05) is 19.6 Å². The Balaban J connectivity index is 0.000000500. The zero-order valence-corrected chi connectivity index (χ0v) is 8.38. The monoisotopic (exact) mass is 198 g/mol. The number of rotatable bonds is 1. The maximum absolute atomic E-state index is 3.48. The standard InChI is InChI=1S/C7H14N2.2ClH/c1-2-9-5-6-3-7(9)4-8-6;;/h6-8H,2-5H2,1H3;2*1H. The number of hydrogen-bond acceptors (Lipinski definition) is 2. The third-order valence-electron chi connectivity index (χ3n) is 2.58. The summed E-state index contributed by atoms with van der Waals surface area (Å²) in [7, 11) is 0. The van der Waals surface area contributed by atoms with E-state index in [9.17, 15) is 0 Å². The Kier molecular flexibility index (Phi) is 4.71. The van der Waals surface area contributed by atoms with Gasteiger partial charge in [0.2, 0.25) is 0 Å². The maximum atomic E-state index is 3.48. The normalized spacial score (nSPS) is 34.6. The molecule has 0 aromatic heterocycles. The van der Waals surface area contributed by atoms with Crippen molar-refractivity contribution in [2.24, 2.45) is 0 Å². The van der Waals surface area contributed by atoms with Gasteiger partial charge in [0.1, 0.15) is 0 Å². The second-order valence-corrected chi connectivity index (χ2v) is 3.08. The Morgan fingerprint density at radius 3 is 2.45 bits per heavy atom. The van der Waals surface area contributed by atoms with Crippen molar-refractivity contribution >= 4 is 24.8 Å². The Morgan fingerprint density at radius 2 is 2.18 bits per heavy atom. The van der Waals surface area contributed by atoms with Crippen molar-refractivity contribution in [1.82, 2.24) is 10.2 Å². The molecule has 0 radical (unpaired) electrons. The van der Waals surface area contributed by atoms with Crippen molar-refractivity contribution in [3.63, 3.8) is 0 Å². The van der Waals surface area contributed by atoms with Crippen LogP contribution in [0.25, 0.3) is 0 Å². The van der Waals surface area contributed by atoms with Gasteiger partial charge in [0.15, 0.2) is 0 Å². The highest BCUT2D eigenvalue weighted by Crippen LogP contribution is 2.21. The van der Waals surface area contributed by atoms with E-state index < -0.39 is 0 Å². The van der Waals surface area contributed by atoms with E-state index in [2.05, 4.69) is 17.1 Å². The highest BCUT2D eigenvalue weighted by atomic mass is 35.5. The number of piperazine rings is 1. The Morgan fingerprint density at radius 1 is 1.45 bits per heavy atom. The first-order valence-corrected chi connectivity index (χ1v) is 3.87. The summed E-state index contributed by atoms with van der Waals surface area (Å²) >= 11 is 0. The molecule has 4 heteroatoms. The van der Waals surface area contributed by atoms with Gasteiger partial charge in [-0.25, -0.2) is 0 Å². The van der Waals surface area contributed by atoms with Crippen molar-refractivity contribution in [1.29, 1.82) is 0 Å². The molecule has 0 aliphatic carbocycles. The molecule has 2 unspecified atom stereocenters. The van der Waals surface area contributed by atoms with Crippen LogP contribution in [-0.2, 0) is 0 Å². The van der Waals surface area contributed by atoms with E-state index in [1.165, 1.54) is 26.1 Å². The molecule has 2 heterocycles. The van der Waals surface area contributed by atoms with Crippen LogP contribution in [0.2, 0.25) is 0 Å². The number of likely N-dealkylation sites (N-methyl/N-ethyl adjacent to an activating group) is 1. The molecule has 2 bridgehead atoms. The molecule has 2 atom stereocenters. The van der Waals surface area contributed by atoms with Crippen molar-refractivity contribution in [2.45, 2.75) is 25.4 Å². The molecule has 0 spiro atoms. The third kappa shape index (κ3) is 2.00. The van der Waals surface area contributed by atoms with Gasteiger partial charge in [-0.1, -0.05) is 6.92 Å². The van der Waals surface area contributed by atoms with Gasteiger partial charge in [0.25, 0.3) is 0 Å². The summed E-state index contributed by atoms with van der Waals surface area (Å²) in [5.74, 6) is 0. The third-order valence-corrected chi connectivity index (χ3v) is 2.58. The number of halogens is 2. The van der Waals surface area contributed by atoms with Gasteiger partial charge in [-0.2, -0.15) is 0 Å². The van der Waals surface area contributed by atoms with E-state index in [0.717, 1.165) is 12.1 Å². The number of nitrogens with zero attached hydrogens (tertiary/aromatic N) is 1. The summed E-state index contributed by atoms with van der Waals surface area (Å²) in [6.45, 7) is 6.02. The largest absolute Gasteiger partial charge is 0.311 e. The Hall–Kier alpha value is 0.500. The fraction of sp³-hybridized carbons (Fsp3) is 1.00. The highest BCUT2D eigenvalue weighted by molar-refractivity contribution is 5.85. The van der Waals surface area contributed by atoms with E-state index in [-0.39, 0.29) is 24.8 Å². The van der Waals surface area contributed by atoms with Gasteiger partial charge < -0.3 is 5.32 Å². The van der Waals surface area contributed by atoms with E-state index >= 15 is 0 Å². The van der Waals surface area contributed by atoms with Crippen molar-refractivity contribution in [3.05, 3.63) is 0 Å². The van der Waals surface area contributed by atoms with E-state index in [4.69, 9.17) is 0 Å². The molecule has 11 heavy (non-hydrogen) atoms. The molecule has 0 aromatic carbocycles. The van der Waals surface area contributed by atoms with Crippen LogP contribution in [0.1, 0.15) is 13.3 Å². The number of hydrogen-bond donors (Lipinski definition) is 1. The van der Waals surface area contributed by atoms with Crippen LogP contribution in [-0.4, -0.2) is 36.6 Å². The topological polar surface area (TPSA) is 15.3 Å². The van der Waals surface area contributed by atoms with E-state index in [1.54, 1.807) is 0 Å². The smallest absolute Gasteiger partial charge is 0.0236 e. The molecule has 2 aliphatic rings. The second kappa shape index (κ2) is 4.51. The number of fused-ring (bicyclic) bond motifs is 2. The number of nitrogens with one attached hydrogen (secondary N) is 1. The molecule has 0 aromatic rings.